The monoisotopic (exact) mass is 298 g/mol. The molecule has 6 heteroatoms. The Balaban J connectivity index is 2.10. The van der Waals surface area contributed by atoms with E-state index < -0.39 is 10.0 Å². The van der Waals surface area contributed by atoms with Crippen molar-refractivity contribution in [2.45, 2.75) is 24.8 Å². The van der Waals surface area contributed by atoms with Crippen molar-refractivity contribution in [1.29, 1.82) is 0 Å². The fourth-order valence-electron chi connectivity index (χ4n) is 2.50. The van der Waals surface area contributed by atoms with Crippen molar-refractivity contribution in [3.63, 3.8) is 0 Å². The first-order valence-electron chi connectivity index (χ1n) is 6.85. The molecule has 0 aliphatic carbocycles. The standard InChI is InChI=1S/C14H22N2O3S/c1-4-16-9-11(2)14(10-16)15-20(17,18)13-7-5-12(19-3)6-8-13/h5-8,11,14-15H,4,9-10H2,1-3H3/t11-,14+/m0/s1. The zero-order valence-electron chi connectivity index (χ0n) is 12.2. The predicted molar refractivity (Wildman–Crippen MR) is 78.4 cm³/mol. The molecular formula is C14H22N2O3S. The Hall–Kier alpha value is -1.11. The number of likely N-dealkylation sites (tertiary alicyclic amines) is 1. The van der Waals surface area contributed by atoms with Gasteiger partial charge in [-0.1, -0.05) is 13.8 Å². The lowest BCUT2D eigenvalue weighted by molar-refractivity contribution is 0.344. The van der Waals surface area contributed by atoms with Gasteiger partial charge < -0.3 is 9.64 Å². The highest BCUT2D eigenvalue weighted by Crippen LogP contribution is 2.20. The minimum atomic E-state index is -3.47. The second kappa shape index (κ2) is 6.11. The number of hydrogen-bond acceptors (Lipinski definition) is 4. The molecule has 1 heterocycles. The molecule has 1 saturated heterocycles. The topological polar surface area (TPSA) is 58.6 Å². The molecule has 0 unspecified atom stereocenters. The van der Waals surface area contributed by atoms with Crippen molar-refractivity contribution in [2.75, 3.05) is 26.7 Å². The third-order valence-corrected chi connectivity index (χ3v) is 5.32. The van der Waals surface area contributed by atoms with Crippen LogP contribution in [0, 0.1) is 5.92 Å². The van der Waals surface area contributed by atoms with E-state index in [2.05, 4.69) is 23.5 Å². The lowest BCUT2D eigenvalue weighted by atomic mass is 10.1. The van der Waals surface area contributed by atoms with Crippen LogP contribution in [0.3, 0.4) is 0 Å². The summed E-state index contributed by atoms with van der Waals surface area (Å²) in [6.45, 7) is 6.83. The van der Waals surface area contributed by atoms with Gasteiger partial charge in [0.15, 0.2) is 0 Å². The van der Waals surface area contributed by atoms with Crippen molar-refractivity contribution < 1.29 is 13.2 Å². The maximum atomic E-state index is 12.4. The molecule has 1 aromatic carbocycles. The van der Waals surface area contributed by atoms with Gasteiger partial charge in [-0.25, -0.2) is 13.1 Å². The zero-order chi connectivity index (χ0) is 14.8. The minimum Gasteiger partial charge on any atom is -0.497 e. The summed E-state index contributed by atoms with van der Waals surface area (Å²) in [5.74, 6) is 0.971. The van der Waals surface area contributed by atoms with Crippen LogP contribution in [-0.4, -0.2) is 46.1 Å². The van der Waals surface area contributed by atoms with E-state index in [1.54, 1.807) is 31.4 Å². The first-order valence-corrected chi connectivity index (χ1v) is 8.33. The molecule has 0 aromatic heterocycles. The normalized spacial score (nSPS) is 23.9. The van der Waals surface area contributed by atoms with E-state index in [1.165, 1.54) is 0 Å². The van der Waals surface area contributed by atoms with E-state index in [4.69, 9.17) is 4.74 Å². The van der Waals surface area contributed by atoms with Crippen LogP contribution in [0.15, 0.2) is 29.2 Å². The largest absolute Gasteiger partial charge is 0.497 e. The number of rotatable bonds is 5. The van der Waals surface area contributed by atoms with Crippen LogP contribution in [0.2, 0.25) is 0 Å². The summed E-state index contributed by atoms with van der Waals surface area (Å²) in [5.41, 5.74) is 0. The Kier molecular flexibility index (Phi) is 4.67. The summed E-state index contributed by atoms with van der Waals surface area (Å²) in [6.07, 6.45) is 0. The van der Waals surface area contributed by atoms with Gasteiger partial charge in [0.05, 0.1) is 12.0 Å². The first kappa shape index (κ1) is 15.3. The van der Waals surface area contributed by atoms with Gasteiger partial charge >= 0.3 is 0 Å². The quantitative estimate of drug-likeness (QED) is 0.890. The van der Waals surface area contributed by atoms with Crippen LogP contribution >= 0.6 is 0 Å². The van der Waals surface area contributed by atoms with E-state index in [0.717, 1.165) is 19.6 Å². The van der Waals surface area contributed by atoms with E-state index in [-0.39, 0.29) is 10.9 Å². The Labute approximate surface area is 121 Å². The number of nitrogens with one attached hydrogen (secondary N) is 1. The molecule has 2 rings (SSSR count). The van der Waals surface area contributed by atoms with Crippen LogP contribution in [0.4, 0.5) is 0 Å². The fourth-order valence-corrected chi connectivity index (χ4v) is 3.84. The molecule has 1 fully saturated rings. The number of methoxy groups -OCH3 is 1. The molecule has 2 atom stereocenters. The van der Waals surface area contributed by atoms with Gasteiger partial charge in [-0.3, -0.25) is 0 Å². The molecule has 1 aliphatic heterocycles. The van der Waals surface area contributed by atoms with E-state index >= 15 is 0 Å². The van der Waals surface area contributed by atoms with Crippen molar-refractivity contribution in [1.82, 2.24) is 9.62 Å². The molecular weight excluding hydrogens is 276 g/mol. The summed E-state index contributed by atoms with van der Waals surface area (Å²) in [6, 6.07) is 6.43. The molecule has 0 bridgehead atoms. The number of benzene rings is 1. The number of ether oxygens (including phenoxy) is 1. The third-order valence-electron chi connectivity index (χ3n) is 3.81. The molecule has 0 spiro atoms. The van der Waals surface area contributed by atoms with Gasteiger partial charge in [-0.2, -0.15) is 0 Å². The summed E-state index contributed by atoms with van der Waals surface area (Å²) in [4.78, 5) is 2.53. The van der Waals surface area contributed by atoms with E-state index in [0.29, 0.717) is 11.7 Å². The van der Waals surface area contributed by atoms with Crippen LogP contribution in [0.25, 0.3) is 0 Å². The number of sulfonamides is 1. The molecule has 20 heavy (non-hydrogen) atoms. The van der Waals surface area contributed by atoms with Crippen LogP contribution in [0.5, 0.6) is 5.75 Å². The van der Waals surface area contributed by atoms with Gasteiger partial charge in [0.25, 0.3) is 0 Å². The molecule has 1 aliphatic rings. The average Bonchev–Trinajstić information content (AvgIpc) is 2.79. The van der Waals surface area contributed by atoms with E-state index in [1.807, 2.05) is 0 Å². The lowest BCUT2D eigenvalue weighted by Gasteiger charge is -2.17. The van der Waals surface area contributed by atoms with Crippen LogP contribution < -0.4 is 9.46 Å². The maximum Gasteiger partial charge on any atom is 0.240 e. The number of hydrogen-bond donors (Lipinski definition) is 1. The zero-order valence-corrected chi connectivity index (χ0v) is 13.0. The Morgan fingerprint density at radius 2 is 1.95 bits per heavy atom. The molecule has 1 aromatic rings. The Morgan fingerprint density at radius 1 is 1.30 bits per heavy atom. The van der Waals surface area contributed by atoms with Crippen molar-refractivity contribution in [2.24, 2.45) is 5.92 Å². The van der Waals surface area contributed by atoms with Gasteiger partial charge in [-0.05, 0) is 36.7 Å². The number of likely N-dealkylation sites (N-methyl/N-ethyl adjacent to an activating group) is 1. The summed E-state index contributed by atoms with van der Waals surface area (Å²) < 4.78 is 32.6. The average molecular weight is 298 g/mol. The third kappa shape index (κ3) is 3.31. The van der Waals surface area contributed by atoms with Crippen LogP contribution in [-0.2, 0) is 10.0 Å². The van der Waals surface area contributed by atoms with Gasteiger partial charge in [0, 0.05) is 19.1 Å². The SMILES string of the molecule is CCN1C[C@H](C)[C@H](NS(=O)(=O)c2ccc(OC)cc2)C1. The Bertz CT molecular complexity index is 542. The predicted octanol–water partition coefficient (Wildman–Crippen LogP) is 1.31. The maximum absolute atomic E-state index is 12.4. The smallest absolute Gasteiger partial charge is 0.240 e. The summed E-state index contributed by atoms with van der Waals surface area (Å²) in [5, 5.41) is 0. The van der Waals surface area contributed by atoms with Crippen molar-refractivity contribution in [3.8, 4) is 5.75 Å². The second-order valence-corrected chi connectivity index (χ2v) is 6.95. The van der Waals surface area contributed by atoms with Gasteiger partial charge in [0.2, 0.25) is 10.0 Å². The summed E-state index contributed by atoms with van der Waals surface area (Å²) >= 11 is 0. The number of nitrogens with zero attached hydrogens (tertiary/aromatic N) is 1. The molecule has 0 radical (unpaired) electrons. The van der Waals surface area contributed by atoms with Crippen LogP contribution in [0.1, 0.15) is 13.8 Å². The highest BCUT2D eigenvalue weighted by Gasteiger charge is 2.32. The van der Waals surface area contributed by atoms with E-state index in [9.17, 15) is 8.42 Å². The molecule has 0 amide bonds. The van der Waals surface area contributed by atoms with Gasteiger partial charge in [-0.15, -0.1) is 0 Å². The second-order valence-electron chi connectivity index (χ2n) is 5.23. The minimum absolute atomic E-state index is 0.0259. The molecule has 0 saturated carbocycles. The summed E-state index contributed by atoms with van der Waals surface area (Å²) in [7, 11) is -1.91. The molecule has 112 valence electrons. The van der Waals surface area contributed by atoms with Gasteiger partial charge in [0.1, 0.15) is 5.75 Å². The van der Waals surface area contributed by atoms with Crippen molar-refractivity contribution >= 4 is 10.0 Å². The highest BCUT2D eigenvalue weighted by atomic mass is 32.2. The lowest BCUT2D eigenvalue weighted by Crippen LogP contribution is -2.39. The molecule has 5 nitrogen and oxygen atoms in total. The molecule has 1 N–H and O–H groups in total. The first-order chi connectivity index (χ1) is 9.46. The van der Waals surface area contributed by atoms with Crippen molar-refractivity contribution in [3.05, 3.63) is 24.3 Å². The fraction of sp³-hybridized carbons (Fsp3) is 0.571. The Morgan fingerprint density at radius 3 is 2.45 bits per heavy atom. The highest BCUT2D eigenvalue weighted by molar-refractivity contribution is 7.89.